The molecule has 5 rings (SSSR count). The van der Waals surface area contributed by atoms with E-state index in [-0.39, 0.29) is 117 Å². The van der Waals surface area contributed by atoms with Gasteiger partial charge in [-0.3, -0.25) is 28.8 Å². The highest BCUT2D eigenvalue weighted by molar-refractivity contribution is 6.02. The molecule has 0 saturated carbocycles. The number of hydroxylamine groups is 4. The van der Waals surface area contributed by atoms with E-state index in [1.807, 2.05) is 0 Å². The topological polar surface area (TPSA) is 328 Å². The molecule has 5 heterocycles. The second kappa shape index (κ2) is 27.6. The van der Waals surface area contributed by atoms with Crippen LogP contribution in [0.1, 0.15) is 147 Å². The van der Waals surface area contributed by atoms with Crippen LogP contribution in [-0.4, -0.2) is 213 Å². The number of amides is 10. The van der Waals surface area contributed by atoms with E-state index in [1.165, 1.54) is 19.6 Å². The third-order valence-electron chi connectivity index (χ3n) is 12.0. The maximum absolute atomic E-state index is 14.6. The maximum atomic E-state index is 14.6. The first-order valence-corrected chi connectivity index (χ1v) is 27.0. The van der Waals surface area contributed by atoms with E-state index in [1.54, 1.807) is 83.1 Å². The fourth-order valence-corrected chi connectivity index (χ4v) is 8.71. The van der Waals surface area contributed by atoms with Crippen molar-refractivity contribution in [3.63, 3.8) is 0 Å². The number of carbonyl (C=O) groups is 12. The molecule has 2 bridgehead atoms. The highest BCUT2D eigenvalue weighted by atomic mass is 16.7. The van der Waals surface area contributed by atoms with Crippen LogP contribution < -0.4 is 21.3 Å². The van der Waals surface area contributed by atoms with Gasteiger partial charge in [-0.15, -0.1) is 10.1 Å². The molecule has 450 valence electrons. The SMILES string of the molecule is CC(C)(C)OC(=O)N1CCN(C(=O)OC(C)(C)C)CC2(NC(=O)CCCC(=O)ON3C(=O)CCC3=O)CNCCNCC(NC(=O)CCCC(=O)ON3C(=O)CCC3=O)(C1)CN(C(=O)OC(C)(C)C)CCN(C(=O)OC(C)(C)C)C2. The van der Waals surface area contributed by atoms with Crippen molar-refractivity contribution in [3.05, 3.63) is 0 Å². The molecule has 80 heavy (non-hydrogen) atoms. The van der Waals surface area contributed by atoms with Crippen LogP contribution in [0.4, 0.5) is 19.2 Å². The lowest BCUT2D eigenvalue weighted by Crippen LogP contribution is -2.70. The van der Waals surface area contributed by atoms with Gasteiger partial charge in [-0.1, -0.05) is 0 Å². The minimum atomic E-state index is -1.66. The zero-order chi connectivity index (χ0) is 60.0. The normalized spacial score (nSPS) is 21.4. The Balaban J connectivity index is 1.89. The zero-order valence-electron chi connectivity index (χ0n) is 48.6. The molecule has 5 aliphatic rings. The van der Waals surface area contributed by atoms with Gasteiger partial charge in [0.15, 0.2) is 0 Å². The number of rotatable bonds is 12. The first kappa shape index (κ1) is 65.7. The standard InChI is InChI=1S/C52H84N10O18/c1-47(2,3)75-43(71)57-25-26-58(44(72)76-48(4,5)6)33-52(56-36(64)16-14-18-42(70)80-62-39(67)21-22-40(62)68)30-54-24-23-53-29-51(31-57,55-35(63)15-13-17-41(69)79-61-37(65)19-20-38(61)66)32-59(45(73)77-49(7,8)9)27-28-60(34-52)46(74)78-50(10,11)12/h53-54H,13-34H2,1-12H3,(H,55,63)(H,56,64). The molecule has 5 fully saturated rings. The van der Waals surface area contributed by atoms with E-state index in [0.29, 0.717) is 10.1 Å². The van der Waals surface area contributed by atoms with Crippen LogP contribution in [0.25, 0.3) is 0 Å². The summed E-state index contributed by atoms with van der Waals surface area (Å²) < 4.78 is 23.8. The van der Waals surface area contributed by atoms with E-state index in [4.69, 9.17) is 28.6 Å². The predicted octanol–water partition coefficient (Wildman–Crippen LogP) is 2.41. The van der Waals surface area contributed by atoms with Crippen molar-refractivity contribution in [1.82, 2.24) is 51.0 Å². The highest BCUT2D eigenvalue weighted by Gasteiger charge is 2.45. The predicted molar refractivity (Wildman–Crippen MR) is 281 cm³/mol. The lowest BCUT2D eigenvalue weighted by atomic mass is 9.94. The molecule has 5 aliphatic heterocycles. The smallest absolute Gasteiger partial charge is 0.410 e. The van der Waals surface area contributed by atoms with Gasteiger partial charge in [0.25, 0.3) is 23.6 Å². The second-order valence-corrected chi connectivity index (χ2v) is 24.4. The van der Waals surface area contributed by atoms with Crippen LogP contribution in [0.15, 0.2) is 0 Å². The minimum absolute atomic E-state index is 0.112. The van der Waals surface area contributed by atoms with Crippen LogP contribution in [0.3, 0.4) is 0 Å². The average molecular weight is 1140 g/mol. The Labute approximate surface area is 467 Å². The Hall–Kier alpha value is -6.84. The molecule has 28 heteroatoms. The summed E-state index contributed by atoms with van der Waals surface area (Å²) >= 11 is 0. The molecule has 10 amide bonds. The molecule has 0 aliphatic carbocycles. The van der Waals surface area contributed by atoms with Gasteiger partial charge in [0.05, 0.1) is 37.3 Å². The van der Waals surface area contributed by atoms with E-state index >= 15 is 0 Å². The molecule has 4 N–H and O–H groups in total. The lowest BCUT2D eigenvalue weighted by Gasteiger charge is -2.46. The van der Waals surface area contributed by atoms with Crippen LogP contribution >= 0.6 is 0 Å². The zero-order valence-corrected chi connectivity index (χ0v) is 48.6. The molecule has 0 aromatic heterocycles. The second-order valence-electron chi connectivity index (χ2n) is 24.4. The van der Waals surface area contributed by atoms with E-state index in [0.717, 1.165) is 0 Å². The summed E-state index contributed by atoms with van der Waals surface area (Å²) in [6.07, 6.45) is -5.62. The molecule has 5 saturated heterocycles. The summed E-state index contributed by atoms with van der Waals surface area (Å²) in [6, 6.07) is 0. The quantitative estimate of drug-likeness (QED) is 0.161. The third kappa shape index (κ3) is 22.0. The van der Waals surface area contributed by atoms with Gasteiger partial charge in [0.1, 0.15) is 22.4 Å². The lowest BCUT2D eigenvalue weighted by molar-refractivity contribution is -0.197. The van der Waals surface area contributed by atoms with Crippen molar-refractivity contribution in [1.29, 1.82) is 0 Å². The van der Waals surface area contributed by atoms with Gasteiger partial charge in [0, 0.05) is 104 Å². The Morgan fingerprint density at radius 2 is 0.675 bits per heavy atom. The van der Waals surface area contributed by atoms with Crippen LogP contribution in [0.2, 0.25) is 0 Å². The molecular formula is C52H84N10O18. The van der Waals surface area contributed by atoms with Crippen LogP contribution in [-0.2, 0) is 67.0 Å². The Morgan fingerprint density at radius 1 is 0.425 bits per heavy atom. The summed E-state index contributed by atoms with van der Waals surface area (Å²) in [5.41, 5.74) is -7.64. The van der Waals surface area contributed by atoms with Gasteiger partial charge in [-0.2, -0.15) is 0 Å². The van der Waals surface area contributed by atoms with Gasteiger partial charge in [-0.25, -0.2) is 28.8 Å². The van der Waals surface area contributed by atoms with Gasteiger partial charge in [0.2, 0.25) is 11.8 Å². The largest absolute Gasteiger partial charge is 0.444 e. The summed E-state index contributed by atoms with van der Waals surface area (Å²) in [7, 11) is 0. The maximum Gasteiger partial charge on any atom is 0.410 e. The van der Waals surface area contributed by atoms with Gasteiger partial charge in [-0.05, 0) is 95.9 Å². The number of nitrogens with one attached hydrogen (secondary N) is 4. The number of nitrogens with zero attached hydrogens (tertiary/aromatic N) is 6. The summed E-state index contributed by atoms with van der Waals surface area (Å²) in [5, 5.41) is 13.6. The van der Waals surface area contributed by atoms with Crippen molar-refractivity contribution in [3.8, 4) is 0 Å². The van der Waals surface area contributed by atoms with Crippen molar-refractivity contribution in [2.45, 2.75) is 181 Å². The van der Waals surface area contributed by atoms with Crippen molar-refractivity contribution < 1.29 is 86.2 Å². The van der Waals surface area contributed by atoms with Crippen LogP contribution in [0.5, 0.6) is 0 Å². The number of hydrogen-bond acceptors (Lipinski definition) is 20. The molecule has 0 aromatic carbocycles. The fraction of sp³-hybridized carbons (Fsp3) is 0.769. The third-order valence-corrected chi connectivity index (χ3v) is 12.0. The fourth-order valence-electron chi connectivity index (χ4n) is 8.71. The van der Waals surface area contributed by atoms with Crippen molar-refractivity contribution in [2.24, 2.45) is 0 Å². The summed E-state index contributed by atoms with van der Waals surface area (Å²) in [4.78, 5) is 176. The molecule has 0 atom stereocenters. The first-order chi connectivity index (χ1) is 37.0. The van der Waals surface area contributed by atoms with Gasteiger partial charge >= 0.3 is 36.3 Å². The number of carbonyl (C=O) groups excluding carboxylic acids is 12. The highest BCUT2D eigenvalue weighted by Crippen LogP contribution is 2.24. The monoisotopic (exact) mass is 1140 g/mol. The van der Waals surface area contributed by atoms with Crippen LogP contribution in [0, 0.1) is 0 Å². The summed E-state index contributed by atoms with van der Waals surface area (Å²) in [6.45, 7) is 16.8. The van der Waals surface area contributed by atoms with E-state index in [2.05, 4.69) is 21.3 Å². The molecule has 0 spiro atoms. The van der Waals surface area contributed by atoms with E-state index in [9.17, 15) is 57.5 Å². The molecule has 0 unspecified atom stereocenters. The number of hydrogen-bond donors (Lipinski definition) is 4. The Bertz CT molecular complexity index is 2050. The number of imide groups is 2. The molecular weight excluding hydrogens is 1050 g/mol. The van der Waals surface area contributed by atoms with Crippen molar-refractivity contribution in [2.75, 3.05) is 78.5 Å². The summed E-state index contributed by atoms with van der Waals surface area (Å²) in [5.74, 6) is -5.86. The Morgan fingerprint density at radius 3 is 0.912 bits per heavy atom. The first-order valence-electron chi connectivity index (χ1n) is 27.0. The molecule has 0 aromatic rings. The Kier molecular flexibility index (Phi) is 22.6. The van der Waals surface area contributed by atoms with E-state index < -0.39 is 131 Å². The average Bonchev–Trinajstić information content (AvgIpc) is 3.79. The number of ether oxygens (including phenoxy) is 4. The minimum Gasteiger partial charge on any atom is -0.444 e. The number of fused-ring (bicyclic) bond motifs is 15. The van der Waals surface area contributed by atoms with Gasteiger partial charge < -0.3 is 69.5 Å². The molecule has 0 radical (unpaired) electrons. The van der Waals surface area contributed by atoms with Crippen molar-refractivity contribution >= 4 is 71.8 Å². The molecule has 28 nitrogen and oxygen atoms in total.